The molecule has 0 aliphatic carbocycles. The average Bonchev–Trinajstić information content (AvgIpc) is 3.48. The predicted molar refractivity (Wildman–Crippen MR) is 118 cm³/mol. The van der Waals surface area contributed by atoms with Crippen LogP contribution < -0.4 is 9.64 Å². The number of aryl methyl sites for hydroxylation is 1. The molecule has 1 aliphatic heterocycles. The minimum absolute atomic E-state index is 0.426. The molecule has 0 atom stereocenters. The Hall–Kier alpha value is -3.97. The molecule has 0 bridgehead atoms. The van der Waals surface area contributed by atoms with Crippen LogP contribution in [-0.4, -0.2) is 62.7 Å². The van der Waals surface area contributed by atoms with Gasteiger partial charge in [0.25, 0.3) is 5.95 Å². The van der Waals surface area contributed by atoms with Crippen LogP contribution in [0, 0.1) is 11.3 Å². The predicted octanol–water partition coefficient (Wildman–Crippen LogP) is 2.42. The second-order valence-corrected chi connectivity index (χ2v) is 7.34. The maximum atomic E-state index is 9.26. The second-order valence-electron chi connectivity index (χ2n) is 7.34. The SMILES string of the molecule is CCn1cnc2c(N3CCOCC3)nc(-n3cc(-c4cccc(C#N)c4)c(OC)n3)nc21. The van der Waals surface area contributed by atoms with Gasteiger partial charge in [0.05, 0.1) is 43.8 Å². The number of anilines is 1. The molecule has 1 fully saturated rings. The molecule has 0 saturated carbocycles. The molecule has 0 N–H and O–H groups in total. The molecule has 1 aliphatic rings. The lowest BCUT2D eigenvalue weighted by atomic mass is 10.1. The number of hydrogen-bond donors (Lipinski definition) is 0. The number of hydrogen-bond acceptors (Lipinski definition) is 8. The average molecular weight is 430 g/mol. The minimum atomic E-state index is 0.426. The lowest BCUT2D eigenvalue weighted by Crippen LogP contribution is -2.37. The third-order valence-corrected chi connectivity index (χ3v) is 5.47. The Bertz CT molecular complexity index is 1310. The lowest BCUT2D eigenvalue weighted by Gasteiger charge is -2.28. The first-order valence-electron chi connectivity index (χ1n) is 10.4. The van der Waals surface area contributed by atoms with Gasteiger partial charge < -0.3 is 18.9 Å². The van der Waals surface area contributed by atoms with Crippen molar-refractivity contribution in [3.8, 4) is 29.0 Å². The van der Waals surface area contributed by atoms with Crippen LogP contribution in [0.2, 0.25) is 0 Å². The normalized spacial score (nSPS) is 14.0. The molecule has 162 valence electrons. The highest BCUT2D eigenvalue weighted by Gasteiger charge is 2.22. The topological polar surface area (TPSA) is 107 Å². The summed E-state index contributed by atoms with van der Waals surface area (Å²) in [4.78, 5) is 16.4. The molecule has 0 unspecified atom stereocenters. The van der Waals surface area contributed by atoms with Gasteiger partial charge in [-0.1, -0.05) is 12.1 Å². The zero-order chi connectivity index (χ0) is 22.1. The fourth-order valence-electron chi connectivity index (χ4n) is 3.81. The molecule has 5 rings (SSSR count). The molecule has 0 amide bonds. The number of fused-ring (bicyclic) bond motifs is 1. The van der Waals surface area contributed by atoms with Gasteiger partial charge in [-0.2, -0.15) is 15.2 Å². The number of benzene rings is 1. The number of rotatable bonds is 5. The summed E-state index contributed by atoms with van der Waals surface area (Å²) in [6, 6.07) is 9.49. The zero-order valence-electron chi connectivity index (χ0n) is 17.9. The Kier molecular flexibility index (Phi) is 5.17. The van der Waals surface area contributed by atoms with E-state index in [1.54, 1.807) is 30.3 Å². The first-order valence-corrected chi connectivity index (χ1v) is 10.4. The van der Waals surface area contributed by atoms with E-state index in [-0.39, 0.29) is 0 Å². The van der Waals surface area contributed by atoms with Crippen molar-refractivity contribution in [1.29, 1.82) is 5.26 Å². The summed E-state index contributed by atoms with van der Waals surface area (Å²) in [7, 11) is 1.57. The van der Waals surface area contributed by atoms with E-state index in [0.717, 1.165) is 47.7 Å². The van der Waals surface area contributed by atoms with Crippen molar-refractivity contribution in [2.45, 2.75) is 13.5 Å². The number of methoxy groups -OCH3 is 1. The number of nitrogens with zero attached hydrogens (tertiary/aromatic N) is 8. The second kappa shape index (κ2) is 8.28. The van der Waals surface area contributed by atoms with Gasteiger partial charge in [-0.25, -0.2) is 9.67 Å². The van der Waals surface area contributed by atoms with Gasteiger partial charge in [0.1, 0.15) is 0 Å². The molecule has 10 nitrogen and oxygen atoms in total. The van der Waals surface area contributed by atoms with E-state index in [0.29, 0.717) is 30.6 Å². The van der Waals surface area contributed by atoms with Gasteiger partial charge in [-0.05, 0) is 24.6 Å². The Morgan fingerprint density at radius 2 is 2.06 bits per heavy atom. The van der Waals surface area contributed by atoms with E-state index in [1.165, 1.54) is 0 Å². The largest absolute Gasteiger partial charge is 0.479 e. The smallest absolute Gasteiger partial charge is 0.254 e. The van der Waals surface area contributed by atoms with E-state index in [9.17, 15) is 5.26 Å². The van der Waals surface area contributed by atoms with Crippen molar-refractivity contribution in [3.05, 3.63) is 42.4 Å². The van der Waals surface area contributed by atoms with Gasteiger partial charge in [-0.3, -0.25) is 0 Å². The quantitative estimate of drug-likeness (QED) is 0.475. The molecule has 1 aromatic carbocycles. The Balaban J connectivity index is 1.66. The number of aromatic nitrogens is 6. The zero-order valence-corrected chi connectivity index (χ0v) is 17.9. The molecule has 0 spiro atoms. The highest BCUT2D eigenvalue weighted by molar-refractivity contribution is 5.84. The molecule has 1 saturated heterocycles. The van der Waals surface area contributed by atoms with Crippen LogP contribution in [0.5, 0.6) is 5.88 Å². The fourth-order valence-corrected chi connectivity index (χ4v) is 3.81. The van der Waals surface area contributed by atoms with Crippen LogP contribution in [0.3, 0.4) is 0 Å². The Morgan fingerprint density at radius 1 is 1.22 bits per heavy atom. The lowest BCUT2D eigenvalue weighted by molar-refractivity contribution is 0.122. The molecule has 32 heavy (non-hydrogen) atoms. The summed E-state index contributed by atoms with van der Waals surface area (Å²) in [5.74, 6) is 1.62. The fraction of sp³-hybridized carbons (Fsp3) is 0.318. The van der Waals surface area contributed by atoms with E-state index in [2.05, 4.69) is 28.0 Å². The molecule has 0 radical (unpaired) electrons. The Labute approximate surface area is 184 Å². The summed E-state index contributed by atoms with van der Waals surface area (Å²) in [6.45, 7) is 5.55. The van der Waals surface area contributed by atoms with Crippen LogP contribution in [0.4, 0.5) is 5.82 Å². The van der Waals surface area contributed by atoms with Crippen molar-refractivity contribution >= 4 is 17.0 Å². The van der Waals surface area contributed by atoms with Crippen molar-refractivity contribution in [1.82, 2.24) is 29.3 Å². The first-order chi connectivity index (χ1) is 15.7. The summed E-state index contributed by atoms with van der Waals surface area (Å²) in [6.07, 6.45) is 3.61. The van der Waals surface area contributed by atoms with E-state index < -0.39 is 0 Å². The molecular weight excluding hydrogens is 408 g/mol. The van der Waals surface area contributed by atoms with Gasteiger partial charge >= 0.3 is 0 Å². The number of imidazole rings is 1. The van der Waals surface area contributed by atoms with Crippen LogP contribution in [0.15, 0.2) is 36.8 Å². The highest BCUT2D eigenvalue weighted by atomic mass is 16.5. The maximum Gasteiger partial charge on any atom is 0.254 e. The van der Waals surface area contributed by atoms with Gasteiger partial charge in [0, 0.05) is 25.8 Å². The monoisotopic (exact) mass is 430 g/mol. The number of ether oxygens (including phenoxy) is 2. The standard InChI is InChI=1S/C22H22N8O2/c1-3-28-14-24-18-19(28)25-22(26-20(18)29-7-9-32-10-8-29)30-13-17(21(27-30)31-2)16-6-4-5-15(11-16)12-23/h4-6,11,13-14H,3,7-10H2,1-2H3. The maximum absolute atomic E-state index is 9.26. The molecule has 4 heterocycles. The van der Waals surface area contributed by atoms with E-state index in [1.807, 2.05) is 22.9 Å². The van der Waals surface area contributed by atoms with Gasteiger partial charge in [0.15, 0.2) is 17.0 Å². The Morgan fingerprint density at radius 3 is 2.81 bits per heavy atom. The summed E-state index contributed by atoms with van der Waals surface area (Å²) < 4.78 is 14.6. The molecule has 3 aromatic heterocycles. The molecular formula is C22H22N8O2. The van der Waals surface area contributed by atoms with Crippen molar-refractivity contribution in [2.75, 3.05) is 38.3 Å². The number of nitriles is 1. The van der Waals surface area contributed by atoms with Crippen LogP contribution in [0.1, 0.15) is 12.5 Å². The van der Waals surface area contributed by atoms with Crippen LogP contribution in [-0.2, 0) is 11.3 Å². The van der Waals surface area contributed by atoms with Gasteiger partial charge in [-0.15, -0.1) is 5.10 Å². The van der Waals surface area contributed by atoms with Crippen LogP contribution >= 0.6 is 0 Å². The number of morpholine rings is 1. The van der Waals surface area contributed by atoms with E-state index >= 15 is 0 Å². The van der Waals surface area contributed by atoms with Crippen molar-refractivity contribution in [2.24, 2.45) is 0 Å². The third kappa shape index (κ3) is 3.42. The first kappa shape index (κ1) is 20.0. The summed E-state index contributed by atoms with van der Waals surface area (Å²) in [5, 5.41) is 13.8. The summed E-state index contributed by atoms with van der Waals surface area (Å²) in [5.41, 5.74) is 3.67. The summed E-state index contributed by atoms with van der Waals surface area (Å²) >= 11 is 0. The van der Waals surface area contributed by atoms with Crippen molar-refractivity contribution in [3.63, 3.8) is 0 Å². The van der Waals surface area contributed by atoms with Crippen LogP contribution in [0.25, 0.3) is 28.2 Å². The highest BCUT2D eigenvalue weighted by Crippen LogP contribution is 2.31. The molecule has 10 heteroatoms. The van der Waals surface area contributed by atoms with Gasteiger partial charge in [0.2, 0.25) is 5.88 Å². The van der Waals surface area contributed by atoms with E-state index in [4.69, 9.17) is 19.4 Å². The minimum Gasteiger partial charge on any atom is -0.479 e. The molecule has 4 aromatic rings. The van der Waals surface area contributed by atoms with Crippen molar-refractivity contribution < 1.29 is 9.47 Å². The third-order valence-electron chi connectivity index (χ3n) is 5.47.